The average molecular weight is 435 g/mol. The molecule has 2 N–H and O–H groups in total. The van der Waals surface area contributed by atoms with E-state index in [0.717, 1.165) is 21.6 Å². The molecule has 3 aromatic rings. The third-order valence-electron chi connectivity index (χ3n) is 4.92. The van der Waals surface area contributed by atoms with Crippen LogP contribution < -0.4 is 15.4 Å². The lowest BCUT2D eigenvalue weighted by Crippen LogP contribution is -2.36. The van der Waals surface area contributed by atoms with Gasteiger partial charge in [-0.1, -0.05) is 29.8 Å². The van der Waals surface area contributed by atoms with Crippen LogP contribution in [0, 0.1) is 13.8 Å². The van der Waals surface area contributed by atoms with Crippen LogP contribution in [-0.2, 0) is 4.79 Å². The van der Waals surface area contributed by atoms with Gasteiger partial charge < -0.3 is 15.4 Å². The first-order chi connectivity index (χ1) is 14.9. The van der Waals surface area contributed by atoms with Crippen molar-refractivity contribution in [2.24, 2.45) is 0 Å². The van der Waals surface area contributed by atoms with Crippen molar-refractivity contribution in [3.8, 4) is 5.75 Å². The van der Waals surface area contributed by atoms with Gasteiger partial charge in [0.05, 0.1) is 13.2 Å². The Bertz CT molecular complexity index is 1090. The quantitative estimate of drug-likeness (QED) is 0.513. The van der Waals surface area contributed by atoms with Crippen LogP contribution in [-0.4, -0.2) is 18.9 Å². The minimum Gasteiger partial charge on any atom is -0.497 e. The van der Waals surface area contributed by atoms with Crippen LogP contribution in [0.15, 0.2) is 65.7 Å². The number of hydrogen-bond acceptors (Lipinski definition) is 4. The van der Waals surface area contributed by atoms with Crippen LogP contribution in [0.4, 0.5) is 0 Å². The van der Waals surface area contributed by atoms with Crippen molar-refractivity contribution in [1.29, 1.82) is 0 Å². The van der Waals surface area contributed by atoms with Crippen LogP contribution >= 0.6 is 11.3 Å². The van der Waals surface area contributed by atoms with Crippen molar-refractivity contribution < 1.29 is 14.3 Å². The van der Waals surface area contributed by atoms with E-state index in [2.05, 4.69) is 16.7 Å². The zero-order chi connectivity index (χ0) is 22.4. The predicted octanol–water partition coefficient (Wildman–Crippen LogP) is 5.02. The molecule has 160 valence electrons. The largest absolute Gasteiger partial charge is 0.497 e. The Hall–Kier alpha value is -3.38. The van der Waals surface area contributed by atoms with E-state index in [4.69, 9.17) is 4.74 Å². The molecule has 1 heterocycles. The van der Waals surface area contributed by atoms with Crippen LogP contribution in [0.25, 0.3) is 6.08 Å². The summed E-state index contributed by atoms with van der Waals surface area (Å²) in [6.07, 6.45) is 1.69. The number of ether oxygens (including phenoxy) is 1. The summed E-state index contributed by atoms with van der Waals surface area (Å²) in [7, 11) is 1.57. The van der Waals surface area contributed by atoms with Crippen molar-refractivity contribution in [1.82, 2.24) is 10.6 Å². The fourth-order valence-corrected chi connectivity index (χ4v) is 3.85. The molecular formula is C25H26N2O3S. The number of thiophene rings is 1. The van der Waals surface area contributed by atoms with E-state index < -0.39 is 0 Å². The zero-order valence-corrected chi connectivity index (χ0v) is 18.9. The smallest absolute Gasteiger partial charge is 0.268 e. The Balaban J connectivity index is 1.82. The molecule has 3 rings (SSSR count). The van der Waals surface area contributed by atoms with Crippen molar-refractivity contribution in [3.63, 3.8) is 0 Å². The normalized spacial score (nSPS) is 12.2. The van der Waals surface area contributed by atoms with E-state index in [1.54, 1.807) is 37.5 Å². The van der Waals surface area contributed by atoms with Crippen LogP contribution in [0.3, 0.4) is 0 Å². The number of hydrogen-bond donors (Lipinski definition) is 2. The molecular weight excluding hydrogens is 408 g/mol. The number of methoxy groups -OCH3 is 1. The van der Waals surface area contributed by atoms with Gasteiger partial charge in [-0.15, -0.1) is 11.3 Å². The van der Waals surface area contributed by atoms with Gasteiger partial charge in [0.1, 0.15) is 11.4 Å². The van der Waals surface area contributed by atoms with Gasteiger partial charge in [0.15, 0.2) is 0 Å². The van der Waals surface area contributed by atoms with Gasteiger partial charge in [-0.25, -0.2) is 0 Å². The SMILES string of the molecule is COc1ccc(C(=O)N/C(=C\c2cccs2)C(=O)NC(C)c2cc(C)ccc2C)cc1. The number of carbonyl (C=O) groups is 2. The summed E-state index contributed by atoms with van der Waals surface area (Å²) in [6, 6.07) is 16.5. The van der Waals surface area contributed by atoms with Crippen LogP contribution in [0.1, 0.15) is 44.9 Å². The molecule has 0 saturated carbocycles. The minimum absolute atomic E-state index is 0.195. The second-order valence-corrected chi connectivity index (χ2v) is 8.29. The van der Waals surface area contributed by atoms with Gasteiger partial charge in [-0.2, -0.15) is 0 Å². The Morgan fingerprint density at radius 2 is 1.81 bits per heavy atom. The molecule has 2 amide bonds. The Labute approximate surface area is 186 Å². The summed E-state index contributed by atoms with van der Waals surface area (Å²) in [5, 5.41) is 7.70. The Kier molecular flexibility index (Phi) is 7.26. The first kappa shape index (κ1) is 22.3. The van der Waals surface area contributed by atoms with Gasteiger partial charge in [0, 0.05) is 10.4 Å². The summed E-state index contributed by atoms with van der Waals surface area (Å²) in [5.41, 5.74) is 3.91. The highest BCUT2D eigenvalue weighted by Crippen LogP contribution is 2.20. The van der Waals surface area contributed by atoms with E-state index in [1.807, 2.05) is 50.4 Å². The fourth-order valence-electron chi connectivity index (χ4n) is 3.19. The molecule has 0 fully saturated rings. The molecule has 0 aliphatic carbocycles. The Morgan fingerprint density at radius 3 is 2.45 bits per heavy atom. The average Bonchev–Trinajstić information content (AvgIpc) is 3.28. The summed E-state index contributed by atoms with van der Waals surface area (Å²) < 4.78 is 5.14. The molecule has 1 unspecified atom stereocenters. The van der Waals surface area contributed by atoms with Gasteiger partial charge in [-0.3, -0.25) is 9.59 Å². The first-order valence-electron chi connectivity index (χ1n) is 9.96. The van der Waals surface area contributed by atoms with E-state index in [0.29, 0.717) is 11.3 Å². The van der Waals surface area contributed by atoms with Gasteiger partial charge in [0.2, 0.25) is 0 Å². The third-order valence-corrected chi connectivity index (χ3v) is 5.74. The number of benzene rings is 2. The number of carbonyl (C=O) groups excluding carboxylic acids is 2. The molecule has 1 aromatic heterocycles. The van der Waals surface area contributed by atoms with E-state index in [-0.39, 0.29) is 23.6 Å². The van der Waals surface area contributed by atoms with Gasteiger partial charge >= 0.3 is 0 Å². The van der Waals surface area contributed by atoms with Crippen molar-refractivity contribution >= 4 is 29.2 Å². The number of rotatable bonds is 7. The van der Waals surface area contributed by atoms with E-state index >= 15 is 0 Å². The standard InChI is InChI=1S/C25H26N2O3S/c1-16-7-8-17(2)22(14-16)18(3)26-25(29)23(15-21-6-5-13-31-21)27-24(28)19-9-11-20(30-4)12-10-19/h5-15,18H,1-4H3,(H,26,29)(H,27,28)/b23-15-. The highest BCUT2D eigenvalue weighted by Gasteiger charge is 2.18. The molecule has 0 aliphatic rings. The lowest BCUT2D eigenvalue weighted by atomic mass is 10.00. The maximum atomic E-state index is 13.1. The minimum atomic E-state index is -0.361. The highest BCUT2D eigenvalue weighted by molar-refractivity contribution is 7.10. The lowest BCUT2D eigenvalue weighted by Gasteiger charge is -2.19. The molecule has 1 atom stereocenters. The molecule has 6 heteroatoms. The molecule has 0 bridgehead atoms. The second-order valence-electron chi connectivity index (χ2n) is 7.31. The molecule has 0 aliphatic heterocycles. The summed E-state index contributed by atoms with van der Waals surface area (Å²) >= 11 is 1.49. The maximum Gasteiger partial charge on any atom is 0.268 e. The molecule has 0 spiro atoms. The van der Waals surface area contributed by atoms with Crippen molar-refractivity contribution in [2.75, 3.05) is 7.11 Å². The van der Waals surface area contributed by atoms with Crippen LogP contribution in [0.5, 0.6) is 5.75 Å². The van der Waals surface area contributed by atoms with Crippen LogP contribution in [0.2, 0.25) is 0 Å². The molecule has 31 heavy (non-hydrogen) atoms. The topological polar surface area (TPSA) is 67.4 Å². The third kappa shape index (κ3) is 5.83. The highest BCUT2D eigenvalue weighted by atomic mass is 32.1. The lowest BCUT2D eigenvalue weighted by molar-refractivity contribution is -0.118. The Morgan fingerprint density at radius 1 is 1.06 bits per heavy atom. The number of amides is 2. The number of nitrogens with one attached hydrogen (secondary N) is 2. The summed E-state index contributed by atoms with van der Waals surface area (Å²) in [5.74, 6) is -0.0466. The van der Waals surface area contributed by atoms with Gasteiger partial charge in [0.25, 0.3) is 11.8 Å². The summed E-state index contributed by atoms with van der Waals surface area (Å²) in [6.45, 7) is 5.98. The van der Waals surface area contributed by atoms with E-state index in [1.165, 1.54) is 11.3 Å². The molecule has 5 nitrogen and oxygen atoms in total. The van der Waals surface area contributed by atoms with Gasteiger partial charge in [-0.05, 0) is 73.7 Å². The second kappa shape index (κ2) is 10.1. The molecule has 0 saturated heterocycles. The van der Waals surface area contributed by atoms with Crippen molar-refractivity contribution in [2.45, 2.75) is 26.8 Å². The predicted molar refractivity (Wildman–Crippen MR) is 125 cm³/mol. The molecule has 0 radical (unpaired) electrons. The first-order valence-corrected chi connectivity index (χ1v) is 10.8. The monoisotopic (exact) mass is 434 g/mol. The van der Waals surface area contributed by atoms with E-state index in [9.17, 15) is 9.59 Å². The fraction of sp³-hybridized carbons (Fsp3) is 0.200. The number of aryl methyl sites for hydroxylation is 2. The maximum absolute atomic E-state index is 13.1. The van der Waals surface area contributed by atoms with Crippen molar-refractivity contribution in [3.05, 3.63) is 92.8 Å². The zero-order valence-electron chi connectivity index (χ0n) is 18.1. The molecule has 2 aromatic carbocycles. The summed E-state index contributed by atoms with van der Waals surface area (Å²) in [4.78, 5) is 26.8.